The molecule has 1 aromatic heterocycles. The van der Waals surface area contributed by atoms with Crippen molar-refractivity contribution in [2.75, 3.05) is 0 Å². The van der Waals surface area contributed by atoms with Crippen molar-refractivity contribution in [3.8, 4) is 17.1 Å². The molecular formula is C28H32ClN3O5. The fraction of sp³-hybridized carbons (Fsp3) is 0.357. The molecule has 0 bridgehead atoms. The third-order valence-electron chi connectivity index (χ3n) is 5.86. The lowest BCUT2D eigenvalue weighted by atomic mass is 9.78. The largest absolute Gasteiger partial charge is 0.507 e. The monoisotopic (exact) mass is 525 g/mol. The first-order valence-electron chi connectivity index (χ1n) is 11.9. The summed E-state index contributed by atoms with van der Waals surface area (Å²) >= 11 is 6.16. The van der Waals surface area contributed by atoms with E-state index in [4.69, 9.17) is 16.0 Å². The topological polar surface area (TPSA) is 118 Å². The first-order chi connectivity index (χ1) is 17.2. The molecule has 3 rings (SSSR count). The molecule has 2 aromatic carbocycles. The number of halogens is 1. The molecule has 1 heterocycles. The van der Waals surface area contributed by atoms with E-state index >= 15 is 0 Å². The lowest BCUT2D eigenvalue weighted by Crippen LogP contribution is -2.20. The zero-order valence-corrected chi connectivity index (χ0v) is 22.6. The summed E-state index contributed by atoms with van der Waals surface area (Å²) in [5.41, 5.74) is 5.10. The molecule has 1 amide bonds. The normalized spacial score (nSPS) is 12.2. The predicted octanol–water partition coefficient (Wildman–Crippen LogP) is 6.89. The van der Waals surface area contributed by atoms with Crippen LogP contribution < -0.4 is 5.43 Å². The van der Waals surface area contributed by atoms with Crippen molar-refractivity contribution >= 4 is 29.4 Å². The molecule has 0 aliphatic heterocycles. The van der Waals surface area contributed by atoms with Crippen LogP contribution >= 0.6 is 11.6 Å². The standard InChI is InChI=1S/C28H32ClN3O5/c1-27(2,3)21-13-17(14-22(26(21)34)28(4,5)6)7-12-25(33)31-30-16-19-9-11-24(37-19)20-10-8-18(32(35)36)15-23(20)29/h8-11,13-16,34H,7,12H2,1-6H3,(H,31,33)/b30-16-. The minimum Gasteiger partial charge on any atom is -0.507 e. The Hall–Kier alpha value is -3.65. The Bertz CT molecular complexity index is 1310. The molecule has 0 saturated heterocycles. The average molecular weight is 526 g/mol. The summed E-state index contributed by atoms with van der Waals surface area (Å²) in [4.78, 5) is 22.8. The van der Waals surface area contributed by atoms with Crippen molar-refractivity contribution in [3.05, 3.63) is 80.1 Å². The number of non-ortho nitro benzene ring substituents is 1. The minimum atomic E-state index is -0.521. The summed E-state index contributed by atoms with van der Waals surface area (Å²) in [5, 5.41) is 25.9. The van der Waals surface area contributed by atoms with Crippen molar-refractivity contribution in [1.29, 1.82) is 0 Å². The molecule has 0 unspecified atom stereocenters. The maximum Gasteiger partial charge on any atom is 0.270 e. The number of phenols is 1. The van der Waals surface area contributed by atoms with Gasteiger partial charge in [-0.25, -0.2) is 5.43 Å². The second-order valence-electron chi connectivity index (χ2n) is 11.0. The van der Waals surface area contributed by atoms with Crippen LogP contribution in [0.4, 0.5) is 5.69 Å². The number of aryl methyl sites for hydroxylation is 1. The summed E-state index contributed by atoms with van der Waals surface area (Å²) in [7, 11) is 0. The fourth-order valence-electron chi connectivity index (χ4n) is 3.85. The van der Waals surface area contributed by atoms with Gasteiger partial charge < -0.3 is 9.52 Å². The highest BCUT2D eigenvalue weighted by atomic mass is 35.5. The highest BCUT2D eigenvalue weighted by molar-refractivity contribution is 6.33. The number of carbonyl (C=O) groups excluding carboxylic acids is 1. The smallest absolute Gasteiger partial charge is 0.270 e. The number of aromatic hydroxyl groups is 1. The number of nitro groups is 1. The van der Waals surface area contributed by atoms with Gasteiger partial charge in [-0.2, -0.15) is 5.10 Å². The van der Waals surface area contributed by atoms with Crippen molar-refractivity contribution in [2.45, 2.75) is 65.2 Å². The van der Waals surface area contributed by atoms with Gasteiger partial charge in [0.25, 0.3) is 5.69 Å². The molecule has 0 aliphatic carbocycles. The maximum absolute atomic E-state index is 12.4. The SMILES string of the molecule is CC(C)(C)c1cc(CCC(=O)N/N=C\c2ccc(-c3ccc([N+](=O)[O-])cc3Cl)o2)cc(C(C)(C)C)c1O. The molecule has 0 fully saturated rings. The molecule has 2 N–H and O–H groups in total. The zero-order chi connectivity index (χ0) is 27.5. The second-order valence-corrected chi connectivity index (χ2v) is 11.4. The van der Waals surface area contributed by atoms with Crippen LogP contribution in [0, 0.1) is 10.1 Å². The van der Waals surface area contributed by atoms with Crippen molar-refractivity contribution in [2.24, 2.45) is 5.10 Å². The fourth-order valence-corrected chi connectivity index (χ4v) is 4.12. The van der Waals surface area contributed by atoms with Gasteiger partial charge >= 0.3 is 0 Å². The molecule has 8 nitrogen and oxygen atoms in total. The Balaban J connectivity index is 1.65. The lowest BCUT2D eigenvalue weighted by molar-refractivity contribution is -0.384. The number of benzene rings is 2. The highest BCUT2D eigenvalue weighted by Gasteiger charge is 2.26. The zero-order valence-electron chi connectivity index (χ0n) is 21.9. The molecule has 0 atom stereocenters. The van der Waals surface area contributed by atoms with Gasteiger partial charge in [0.05, 0.1) is 16.2 Å². The van der Waals surface area contributed by atoms with E-state index in [0.29, 0.717) is 29.3 Å². The van der Waals surface area contributed by atoms with E-state index in [1.54, 1.807) is 12.1 Å². The molecule has 0 aliphatic rings. The van der Waals surface area contributed by atoms with Gasteiger partial charge in [0.15, 0.2) is 0 Å². The van der Waals surface area contributed by atoms with E-state index in [1.165, 1.54) is 24.4 Å². The molecule has 0 saturated carbocycles. The number of nitro benzene ring substituents is 1. The Morgan fingerprint density at radius 3 is 2.24 bits per heavy atom. The molecule has 3 aromatic rings. The van der Waals surface area contributed by atoms with Crippen LogP contribution in [0.3, 0.4) is 0 Å². The Labute approximate surface area is 221 Å². The number of nitrogens with zero attached hydrogens (tertiary/aromatic N) is 2. The number of rotatable bonds is 7. The van der Waals surface area contributed by atoms with Gasteiger partial charge in [-0.1, -0.05) is 65.3 Å². The quantitative estimate of drug-likeness (QED) is 0.198. The Morgan fingerprint density at radius 1 is 1.08 bits per heavy atom. The van der Waals surface area contributed by atoms with Crippen LogP contribution in [0.1, 0.15) is 70.4 Å². The number of carbonyl (C=O) groups is 1. The number of hydrazone groups is 1. The van der Waals surface area contributed by atoms with Gasteiger partial charge in [-0.3, -0.25) is 14.9 Å². The third-order valence-corrected chi connectivity index (χ3v) is 6.18. The molecule has 9 heteroatoms. The predicted molar refractivity (Wildman–Crippen MR) is 145 cm³/mol. The maximum atomic E-state index is 12.4. The third kappa shape index (κ3) is 6.98. The Kier molecular flexibility index (Phi) is 8.12. The van der Waals surface area contributed by atoms with Crippen LogP contribution in [0.5, 0.6) is 5.75 Å². The number of amides is 1. The molecule has 0 spiro atoms. The van der Waals surface area contributed by atoms with E-state index in [2.05, 4.69) is 52.1 Å². The minimum absolute atomic E-state index is 0.110. The number of furan rings is 1. The van der Waals surface area contributed by atoms with E-state index < -0.39 is 4.92 Å². The first-order valence-corrected chi connectivity index (χ1v) is 12.3. The van der Waals surface area contributed by atoms with Gasteiger partial charge in [0, 0.05) is 24.1 Å². The second kappa shape index (κ2) is 10.8. The molecular weight excluding hydrogens is 494 g/mol. The summed E-state index contributed by atoms with van der Waals surface area (Å²) in [6, 6.07) is 11.4. The van der Waals surface area contributed by atoms with Crippen molar-refractivity contribution in [1.82, 2.24) is 5.43 Å². The summed E-state index contributed by atoms with van der Waals surface area (Å²) < 4.78 is 5.68. The van der Waals surface area contributed by atoms with E-state index in [1.807, 2.05) is 12.1 Å². The van der Waals surface area contributed by atoms with Gasteiger partial charge in [-0.15, -0.1) is 0 Å². The number of hydrogen-bond acceptors (Lipinski definition) is 6. The van der Waals surface area contributed by atoms with E-state index in [9.17, 15) is 20.0 Å². The van der Waals surface area contributed by atoms with E-state index in [-0.39, 0.29) is 33.9 Å². The van der Waals surface area contributed by atoms with Crippen molar-refractivity contribution < 1.29 is 19.2 Å². The molecule has 37 heavy (non-hydrogen) atoms. The van der Waals surface area contributed by atoms with E-state index in [0.717, 1.165) is 16.7 Å². The van der Waals surface area contributed by atoms with Crippen LogP contribution in [0.2, 0.25) is 5.02 Å². The number of phenolic OH excluding ortho intramolecular Hbond substituents is 1. The van der Waals surface area contributed by atoms with Crippen LogP contribution in [-0.4, -0.2) is 22.2 Å². The summed E-state index contributed by atoms with van der Waals surface area (Å²) in [6.07, 6.45) is 2.09. The van der Waals surface area contributed by atoms with Crippen LogP contribution in [0.15, 0.2) is 52.0 Å². The summed E-state index contributed by atoms with van der Waals surface area (Å²) in [5.74, 6) is 0.854. The average Bonchev–Trinajstić information content (AvgIpc) is 3.25. The molecule has 196 valence electrons. The van der Waals surface area contributed by atoms with Crippen LogP contribution in [0.25, 0.3) is 11.3 Å². The Morgan fingerprint density at radius 2 is 1.70 bits per heavy atom. The lowest BCUT2D eigenvalue weighted by Gasteiger charge is -2.28. The van der Waals surface area contributed by atoms with Crippen LogP contribution in [-0.2, 0) is 22.0 Å². The molecule has 0 radical (unpaired) electrons. The van der Waals surface area contributed by atoms with Gasteiger partial charge in [0.2, 0.25) is 5.91 Å². The van der Waals surface area contributed by atoms with Crippen molar-refractivity contribution in [3.63, 3.8) is 0 Å². The number of hydrogen-bond donors (Lipinski definition) is 2. The first kappa shape index (κ1) is 27.9. The van der Waals surface area contributed by atoms with Gasteiger partial charge in [-0.05, 0) is 52.1 Å². The number of nitrogens with one attached hydrogen (secondary N) is 1. The van der Waals surface area contributed by atoms with Gasteiger partial charge in [0.1, 0.15) is 17.3 Å². The highest BCUT2D eigenvalue weighted by Crippen LogP contribution is 2.40. The summed E-state index contributed by atoms with van der Waals surface area (Å²) in [6.45, 7) is 12.3.